The molecule has 0 saturated carbocycles. The molecular formula is C22H20N2O5. The Bertz CT molecular complexity index is 944. The van der Waals surface area contributed by atoms with E-state index in [1.165, 1.54) is 0 Å². The molecule has 1 aromatic heterocycles. The normalized spacial score (nSPS) is 20.9. The highest BCUT2D eigenvalue weighted by Gasteiger charge is 2.39. The van der Waals surface area contributed by atoms with Gasteiger partial charge in [0.15, 0.2) is 0 Å². The minimum atomic E-state index is -0.581. The van der Waals surface area contributed by atoms with Gasteiger partial charge in [-0.25, -0.2) is 14.6 Å². The van der Waals surface area contributed by atoms with E-state index in [9.17, 15) is 9.59 Å². The molecule has 4 rings (SSSR count). The topological polar surface area (TPSA) is 79.7 Å². The summed E-state index contributed by atoms with van der Waals surface area (Å²) in [6.45, 7) is -0.0222. The Morgan fingerprint density at radius 1 is 1.00 bits per heavy atom. The number of esters is 2. The van der Waals surface area contributed by atoms with Crippen molar-refractivity contribution in [3.63, 3.8) is 0 Å². The third-order valence-corrected chi connectivity index (χ3v) is 4.69. The van der Waals surface area contributed by atoms with Crippen molar-refractivity contribution in [3.8, 4) is 0 Å². The highest BCUT2D eigenvalue weighted by Crippen LogP contribution is 2.31. The summed E-state index contributed by atoms with van der Waals surface area (Å²) in [5.41, 5.74) is 0.910. The first-order valence-corrected chi connectivity index (χ1v) is 9.32. The lowest BCUT2D eigenvalue weighted by molar-refractivity contribution is -0.0571. The van der Waals surface area contributed by atoms with Gasteiger partial charge in [-0.05, 0) is 24.3 Å². The minimum absolute atomic E-state index is 0.0222. The smallest absolute Gasteiger partial charge is 0.338 e. The van der Waals surface area contributed by atoms with Gasteiger partial charge in [-0.3, -0.25) is 0 Å². The van der Waals surface area contributed by atoms with Crippen LogP contribution in [0.5, 0.6) is 0 Å². The second kappa shape index (κ2) is 8.70. The molecule has 1 fully saturated rings. The molecule has 0 unspecified atom stereocenters. The quantitative estimate of drug-likeness (QED) is 0.599. The first-order valence-electron chi connectivity index (χ1n) is 9.32. The molecule has 0 aliphatic carbocycles. The van der Waals surface area contributed by atoms with E-state index in [-0.39, 0.29) is 12.8 Å². The first kappa shape index (κ1) is 18.9. The monoisotopic (exact) mass is 392 g/mol. The molecule has 7 heteroatoms. The van der Waals surface area contributed by atoms with Crippen LogP contribution in [0.4, 0.5) is 0 Å². The van der Waals surface area contributed by atoms with Crippen molar-refractivity contribution in [3.05, 3.63) is 90.5 Å². The van der Waals surface area contributed by atoms with Crippen LogP contribution >= 0.6 is 0 Å². The lowest BCUT2D eigenvalue weighted by Gasteiger charge is -2.19. The summed E-state index contributed by atoms with van der Waals surface area (Å²) >= 11 is 0. The van der Waals surface area contributed by atoms with Crippen LogP contribution in [0.2, 0.25) is 0 Å². The average Bonchev–Trinajstić information content (AvgIpc) is 3.43. The van der Waals surface area contributed by atoms with Gasteiger partial charge in [-0.15, -0.1) is 0 Å². The van der Waals surface area contributed by atoms with E-state index < -0.39 is 24.1 Å². The molecule has 0 bridgehead atoms. The molecule has 1 aliphatic rings. The molecule has 0 N–H and O–H groups in total. The lowest BCUT2D eigenvalue weighted by Crippen LogP contribution is -2.32. The number of aromatic nitrogens is 2. The number of imidazole rings is 1. The second-order valence-corrected chi connectivity index (χ2v) is 6.65. The van der Waals surface area contributed by atoms with Gasteiger partial charge < -0.3 is 18.8 Å². The van der Waals surface area contributed by atoms with Gasteiger partial charge in [-0.2, -0.15) is 0 Å². The largest absolute Gasteiger partial charge is 0.459 e. The van der Waals surface area contributed by atoms with Crippen LogP contribution in [0, 0.1) is 0 Å². The summed E-state index contributed by atoms with van der Waals surface area (Å²) in [4.78, 5) is 28.8. The molecule has 1 aliphatic heterocycles. The fraction of sp³-hybridized carbons (Fsp3) is 0.227. The van der Waals surface area contributed by atoms with Gasteiger partial charge in [-0.1, -0.05) is 36.4 Å². The summed E-state index contributed by atoms with van der Waals surface area (Å²) < 4.78 is 18.9. The van der Waals surface area contributed by atoms with Crippen molar-refractivity contribution >= 4 is 11.9 Å². The maximum absolute atomic E-state index is 12.5. The predicted molar refractivity (Wildman–Crippen MR) is 103 cm³/mol. The molecule has 1 saturated heterocycles. The molecule has 3 atom stereocenters. The predicted octanol–water partition coefficient (Wildman–Crippen LogP) is 3.25. The van der Waals surface area contributed by atoms with E-state index in [4.69, 9.17) is 14.2 Å². The maximum Gasteiger partial charge on any atom is 0.338 e. The molecular weight excluding hydrogens is 372 g/mol. The van der Waals surface area contributed by atoms with Crippen LogP contribution < -0.4 is 0 Å². The number of hydrogen-bond donors (Lipinski definition) is 0. The number of carbonyl (C=O) groups is 2. The zero-order valence-corrected chi connectivity index (χ0v) is 15.6. The number of rotatable bonds is 6. The van der Waals surface area contributed by atoms with E-state index in [2.05, 4.69) is 4.98 Å². The Balaban J connectivity index is 1.44. The van der Waals surface area contributed by atoms with Gasteiger partial charge in [0.2, 0.25) is 0 Å². The average molecular weight is 392 g/mol. The van der Waals surface area contributed by atoms with E-state index in [1.807, 2.05) is 12.1 Å². The number of carbonyl (C=O) groups excluding carboxylic acids is 2. The minimum Gasteiger partial charge on any atom is -0.459 e. The fourth-order valence-corrected chi connectivity index (χ4v) is 3.19. The van der Waals surface area contributed by atoms with E-state index in [1.54, 1.807) is 71.8 Å². The molecule has 3 aromatic rings. The number of nitrogens with zero attached hydrogens (tertiary/aromatic N) is 2. The first-order chi connectivity index (χ1) is 14.2. The van der Waals surface area contributed by atoms with E-state index in [0.29, 0.717) is 17.5 Å². The molecule has 7 nitrogen and oxygen atoms in total. The molecule has 29 heavy (non-hydrogen) atoms. The fourth-order valence-electron chi connectivity index (χ4n) is 3.19. The SMILES string of the molecule is O=C(OC[C@H]1O[C@H](n2ccnc2)C[C@@H]1OC(=O)c1ccccc1)c1ccccc1. The number of ether oxygens (including phenoxy) is 3. The summed E-state index contributed by atoms with van der Waals surface area (Å²) in [6, 6.07) is 17.5. The van der Waals surface area contributed by atoms with Crippen LogP contribution in [0.1, 0.15) is 33.4 Å². The molecule has 0 radical (unpaired) electrons. The van der Waals surface area contributed by atoms with Gasteiger partial charge in [0, 0.05) is 18.8 Å². The number of benzene rings is 2. The van der Waals surface area contributed by atoms with Crippen molar-refractivity contribution in [1.82, 2.24) is 9.55 Å². The third-order valence-electron chi connectivity index (χ3n) is 4.69. The summed E-state index contributed by atoms with van der Waals surface area (Å²) in [7, 11) is 0. The molecule has 0 amide bonds. The highest BCUT2D eigenvalue weighted by atomic mass is 16.6. The van der Waals surface area contributed by atoms with Gasteiger partial charge in [0.25, 0.3) is 0 Å². The Morgan fingerprint density at radius 2 is 1.66 bits per heavy atom. The maximum atomic E-state index is 12.5. The standard InChI is InChI=1S/C22H20N2O5/c25-21(16-7-3-1-4-8-16)27-14-19-18(13-20(28-19)24-12-11-23-15-24)29-22(26)17-9-5-2-6-10-17/h1-12,15,18-20H,13-14H2/t18-,19+,20-/m0/s1. The lowest BCUT2D eigenvalue weighted by atomic mass is 10.1. The Morgan fingerprint density at radius 3 is 2.28 bits per heavy atom. The van der Waals surface area contributed by atoms with Gasteiger partial charge in [0.1, 0.15) is 25.0 Å². The third kappa shape index (κ3) is 4.52. The summed E-state index contributed by atoms with van der Waals surface area (Å²) in [6.07, 6.45) is 4.01. The summed E-state index contributed by atoms with van der Waals surface area (Å²) in [5, 5.41) is 0. The van der Waals surface area contributed by atoms with Crippen molar-refractivity contribution in [2.45, 2.75) is 24.9 Å². The Hall–Kier alpha value is -3.45. The molecule has 2 heterocycles. The Kier molecular flexibility index (Phi) is 5.67. The van der Waals surface area contributed by atoms with Crippen LogP contribution in [-0.2, 0) is 14.2 Å². The molecule has 2 aromatic carbocycles. The van der Waals surface area contributed by atoms with E-state index in [0.717, 1.165) is 0 Å². The van der Waals surface area contributed by atoms with Crippen molar-refractivity contribution in [2.75, 3.05) is 6.61 Å². The van der Waals surface area contributed by atoms with Crippen LogP contribution in [-0.4, -0.2) is 40.3 Å². The molecule has 0 spiro atoms. The van der Waals surface area contributed by atoms with E-state index >= 15 is 0 Å². The van der Waals surface area contributed by atoms with Gasteiger partial charge >= 0.3 is 11.9 Å². The van der Waals surface area contributed by atoms with Crippen LogP contribution in [0.25, 0.3) is 0 Å². The Labute approximate surface area is 167 Å². The van der Waals surface area contributed by atoms with Gasteiger partial charge in [0.05, 0.1) is 17.5 Å². The molecule has 148 valence electrons. The van der Waals surface area contributed by atoms with Crippen molar-refractivity contribution in [2.24, 2.45) is 0 Å². The van der Waals surface area contributed by atoms with Crippen LogP contribution in [0.15, 0.2) is 79.4 Å². The number of hydrogen-bond acceptors (Lipinski definition) is 6. The second-order valence-electron chi connectivity index (χ2n) is 6.65. The van der Waals surface area contributed by atoms with Crippen LogP contribution in [0.3, 0.4) is 0 Å². The zero-order valence-electron chi connectivity index (χ0n) is 15.6. The highest BCUT2D eigenvalue weighted by molar-refractivity contribution is 5.90. The zero-order chi connectivity index (χ0) is 20.1. The van der Waals surface area contributed by atoms with Crippen molar-refractivity contribution in [1.29, 1.82) is 0 Å². The van der Waals surface area contributed by atoms with Crippen molar-refractivity contribution < 1.29 is 23.8 Å². The summed E-state index contributed by atoms with van der Waals surface area (Å²) in [5.74, 6) is -0.890.